The Morgan fingerprint density at radius 2 is 1.94 bits per heavy atom. The molecule has 4 heteroatoms. The van der Waals surface area contributed by atoms with Crippen molar-refractivity contribution in [2.45, 2.75) is 38.6 Å². The van der Waals surface area contributed by atoms with Gasteiger partial charge in [0.1, 0.15) is 5.82 Å². The molecule has 1 saturated carbocycles. The zero-order valence-electron chi connectivity index (χ0n) is 9.77. The highest BCUT2D eigenvalue weighted by atomic mass is 35.5. The number of anilines is 1. The third-order valence-electron chi connectivity index (χ3n) is 3.52. The van der Waals surface area contributed by atoms with Crippen molar-refractivity contribution in [1.82, 2.24) is 0 Å². The van der Waals surface area contributed by atoms with Crippen LogP contribution in [-0.2, 0) is 0 Å². The molecule has 1 nitrogen and oxygen atoms in total. The SMILES string of the molecule is CCC1CCCC1Nc1c(Cl)cc(F)cc1Cl. The Morgan fingerprint density at radius 3 is 2.53 bits per heavy atom. The molecule has 0 saturated heterocycles. The molecule has 0 amide bonds. The van der Waals surface area contributed by atoms with Crippen LogP contribution in [0.1, 0.15) is 32.6 Å². The van der Waals surface area contributed by atoms with E-state index in [4.69, 9.17) is 23.2 Å². The van der Waals surface area contributed by atoms with Crippen LogP contribution >= 0.6 is 23.2 Å². The van der Waals surface area contributed by atoms with Gasteiger partial charge in [-0.1, -0.05) is 43.0 Å². The smallest absolute Gasteiger partial charge is 0.126 e. The summed E-state index contributed by atoms with van der Waals surface area (Å²) in [6, 6.07) is 3.00. The Hall–Kier alpha value is -0.470. The molecular weight excluding hydrogens is 260 g/mol. The van der Waals surface area contributed by atoms with Crippen LogP contribution in [0.3, 0.4) is 0 Å². The molecule has 1 aliphatic carbocycles. The predicted octanol–water partition coefficient (Wildman–Crippen LogP) is 5.12. The molecule has 2 rings (SSSR count). The summed E-state index contributed by atoms with van der Waals surface area (Å²) in [7, 11) is 0. The minimum Gasteiger partial charge on any atom is -0.380 e. The third kappa shape index (κ3) is 2.86. The Labute approximate surface area is 111 Å². The van der Waals surface area contributed by atoms with E-state index in [1.165, 1.54) is 25.0 Å². The highest BCUT2D eigenvalue weighted by molar-refractivity contribution is 6.39. The van der Waals surface area contributed by atoms with Crippen molar-refractivity contribution in [2.24, 2.45) is 5.92 Å². The van der Waals surface area contributed by atoms with E-state index in [9.17, 15) is 4.39 Å². The fourth-order valence-corrected chi connectivity index (χ4v) is 3.15. The van der Waals surface area contributed by atoms with Crippen molar-refractivity contribution in [3.63, 3.8) is 0 Å². The van der Waals surface area contributed by atoms with Crippen LogP contribution in [0.25, 0.3) is 0 Å². The first-order valence-corrected chi connectivity index (χ1v) is 6.78. The zero-order chi connectivity index (χ0) is 12.4. The quantitative estimate of drug-likeness (QED) is 0.807. The third-order valence-corrected chi connectivity index (χ3v) is 4.12. The van der Waals surface area contributed by atoms with E-state index in [0.717, 1.165) is 12.8 Å². The summed E-state index contributed by atoms with van der Waals surface area (Å²) >= 11 is 12.0. The van der Waals surface area contributed by atoms with Gasteiger partial charge in [-0.15, -0.1) is 0 Å². The van der Waals surface area contributed by atoms with Gasteiger partial charge in [0.15, 0.2) is 0 Å². The van der Waals surface area contributed by atoms with Crippen LogP contribution in [0.4, 0.5) is 10.1 Å². The molecule has 1 aliphatic rings. The van der Waals surface area contributed by atoms with Gasteiger partial charge >= 0.3 is 0 Å². The van der Waals surface area contributed by atoms with E-state index >= 15 is 0 Å². The van der Waals surface area contributed by atoms with Gasteiger partial charge in [0, 0.05) is 6.04 Å². The lowest BCUT2D eigenvalue weighted by Gasteiger charge is -2.22. The summed E-state index contributed by atoms with van der Waals surface area (Å²) < 4.78 is 13.1. The molecule has 2 atom stereocenters. The van der Waals surface area contributed by atoms with Crippen LogP contribution in [0.15, 0.2) is 12.1 Å². The lowest BCUT2D eigenvalue weighted by atomic mass is 10.0. The lowest BCUT2D eigenvalue weighted by Crippen LogP contribution is -2.23. The molecule has 0 bridgehead atoms. The average molecular weight is 276 g/mol. The van der Waals surface area contributed by atoms with Crippen molar-refractivity contribution in [3.05, 3.63) is 28.0 Å². The summed E-state index contributed by atoms with van der Waals surface area (Å²) in [6.45, 7) is 2.19. The molecular formula is C13H16Cl2FN. The average Bonchev–Trinajstić information content (AvgIpc) is 2.70. The normalized spacial score (nSPS) is 24.0. The lowest BCUT2D eigenvalue weighted by molar-refractivity contribution is 0.489. The van der Waals surface area contributed by atoms with Crippen LogP contribution in [0, 0.1) is 11.7 Å². The number of nitrogens with one attached hydrogen (secondary N) is 1. The molecule has 94 valence electrons. The maximum Gasteiger partial charge on any atom is 0.126 e. The van der Waals surface area contributed by atoms with Gasteiger partial charge in [0.05, 0.1) is 15.7 Å². The van der Waals surface area contributed by atoms with E-state index in [2.05, 4.69) is 12.2 Å². The van der Waals surface area contributed by atoms with E-state index in [1.54, 1.807) is 0 Å². The number of benzene rings is 1. The van der Waals surface area contributed by atoms with E-state index in [1.807, 2.05) is 0 Å². The van der Waals surface area contributed by atoms with Crippen LogP contribution in [-0.4, -0.2) is 6.04 Å². The topological polar surface area (TPSA) is 12.0 Å². The van der Waals surface area contributed by atoms with Gasteiger partial charge in [-0.2, -0.15) is 0 Å². The van der Waals surface area contributed by atoms with Crippen molar-refractivity contribution >= 4 is 28.9 Å². The first-order valence-electron chi connectivity index (χ1n) is 6.03. The highest BCUT2D eigenvalue weighted by Gasteiger charge is 2.26. The molecule has 1 N–H and O–H groups in total. The summed E-state index contributed by atoms with van der Waals surface area (Å²) in [5.41, 5.74) is 0.667. The molecule has 0 radical (unpaired) electrons. The Balaban J connectivity index is 2.18. The second kappa shape index (κ2) is 5.45. The van der Waals surface area contributed by atoms with Crippen molar-refractivity contribution in [3.8, 4) is 0 Å². The second-order valence-electron chi connectivity index (χ2n) is 4.59. The van der Waals surface area contributed by atoms with Gasteiger partial charge < -0.3 is 5.32 Å². The van der Waals surface area contributed by atoms with Crippen molar-refractivity contribution < 1.29 is 4.39 Å². The van der Waals surface area contributed by atoms with Crippen molar-refractivity contribution in [2.75, 3.05) is 5.32 Å². The minimum absolute atomic E-state index is 0.358. The standard InChI is InChI=1S/C13H16Cl2FN/c1-2-8-4-3-5-12(8)17-13-10(14)6-9(16)7-11(13)15/h6-8,12,17H,2-5H2,1H3. The predicted molar refractivity (Wildman–Crippen MR) is 71.5 cm³/mol. The Bertz CT molecular complexity index is 385. The number of halogens is 3. The fourth-order valence-electron chi connectivity index (χ4n) is 2.58. The number of rotatable bonds is 3. The Kier molecular flexibility index (Phi) is 4.16. The van der Waals surface area contributed by atoms with Gasteiger partial charge in [-0.05, 0) is 30.9 Å². The molecule has 1 aromatic carbocycles. The molecule has 0 aliphatic heterocycles. The monoisotopic (exact) mass is 275 g/mol. The van der Waals surface area contributed by atoms with Gasteiger partial charge in [-0.25, -0.2) is 4.39 Å². The maximum atomic E-state index is 13.1. The molecule has 0 aromatic heterocycles. The molecule has 1 aromatic rings. The van der Waals surface area contributed by atoms with Crippen LogP contribution < -0.4 is 5.32 Å². The molecule has 1 fully saturated rings. The minimum atomic E-state index is -0.399. The zero-order valence-corrected chi connectivity index (χ0v) is 11.3. The Morgan fingerprint density at radius 1 is 1.29 bits per heavy atom. The van der Waals surface area contributed by atoms with Gasteiger partial charge in [0.2, 0.25) is 0 Å². The maximum absolute atomic E-state index is 13.1. The van der Waals surface area contributed by atoms with E-state index in [-0.39, 0.29) is 0 Å². The molecule has 0 heterocycles. The van der Waals surface area contributed by atoms with Gasteiger partial charge in [0.25, 0.3) is 0 Å². The second-order valence-corrected chi connectivity index (χ2v) is 5.41. The van der Waals surface area contributed by atoms with Gasteiger partial charge in [-0.3, -0.25) is 0 Å². The van der Waals surface area contributed by atoms with Crippen molar-refractivity contribution in [1.29, 1.82) is 0 Å². The highest BCUT2D eigenvalue weighted by Crippen LogP contribution is 2.36. The molecule has 17 heavy (non-hydrogen) atoms. The van der Waals surface area contributed by atoms with Crippen LogP contribution in [0.2, 0.25) is 10.0 Å². The largest absolute Gasteiger partial charge is 0.380 e. The summed E-state index contributed by atoms with van der Waals surface area (Å²) in [5, 5.41) is 4.09. The fraction of sp³-hybridized carbons (Fsp3) is 0.538. The first kappa shape index (κ1) is 13.0. The number of hydrogen-bond donors (Lipinski definition) is 1. The summed E-state index contributed by atoms with van der Waals surface area (Å²) in [5.74, 6) is 0.260. The molecule has 2 unspecified atom stereocenters. The van der Waals surface area contributed by atoms with E-state index < -0.39 is 5.82 Å². The van der Waals surface area contributed by atoms with E-state index in [0.29, 0.717) is 27.7 Å². The molecule has 0 spiro atoms. The summed E-state index contributed by atoms with van der Waals surface area (Å²) in [4.78, 5) is 0. The van der Waals surface area contributed by atoms with Crippen LogP contribution in [0.5, 0.6) is 0 Å². The number of hydrogen-bond acceptors (Lipinski definition) is 1. The first-order chi connectivity index (χ1) is 8.11. The summed E-state index contributed by atoms with van der Waals surface area (Å²) in [6.07, 6.45) is 4.74.